The van der Waals surface area contributed by atoms with Crippen molar-refractivity contribution in [2.75, 3.05) is 44.1 Å². The number of para-hydroxylation sites is 1. The highest BCUT2D eigenvalue weighted by molar-refractivity contribution is 7.22. The number of hydrogen-bond acceptors (Lipinski definition) is 12. The highest BCUT2D eigenvalue weighted by Crippen LogP contribution is 2.39. The summed E-state index contributed by atoms with van der Waals surface area (Å²) in [5.41, 5.74) is 5.48. The molecule has 2 aliphatic heterocycles. The van der Waals surface area contributed by atoms with Gasteiger partial charge in [0, 0.05) is 35.6 Å². The molecule has 0 atom stereocenters. The van der Waals surface area contributed by atoms with Crippen LogP contribution in [0.2, 0.25) is 0 Å². The van der Waals surface area contributed by atoms with Gasteiger partial charge in [0.15, 0.2) is 39.2 Å². The van der Waals surface area contributed by atoms with Crippen molar-refractivity contribution in [1.29, 1.82) is 0 Å². The van der Waals surface area contributed by atoms with Crippen molar-refractivity contribution < 1.29 is 18.7 Å². The van der Waals surface area contributed by atoms with Crippen LogP contribution >= 0.6 is 22.7 Å². The number of thiazole rings is 2. The van der Waals surface area contributed by atoms with Crippen LogP contribution in [0.5, 0.6) is 5.75 Å². The second-order valence-corrected chi connectivity index (χ2v) is 13.7. The number of likely N-dealkylation sites (N-methyl/N-ethyl adjacent to an activating group) is 1. The van der Waals surface area contributed by atoms with Crippen LogP contribution in [-0.4, -0.2) is 64.9 Å². The molecule has 5 aromatic rings. The van der Waals surface area contributed by atoms with Gasteiger partial charge in [0.25, 0.3) is 0 Å². The summed E-state index contributed by atoms with van der Waals surface area (Å²) < 4.78 is 26.8. The van der Waals surface area contributed by atoms with Crippen LogP contribution in [0, 0.1) is 12.7 Å². The summed E-state index contributed by atoms with van der Waals surface area (Å²) in [6.45, 7) is 4.74. The van der Waals surface area contributed by atoms with Crippen molar-refractivity contribution in [2.24, 2.45) is 0 Å². The van der Waals surface area contributed by atoms with Crippen LogP contribution < -0.4 is 15.0 Å². The van der Waals surface area contributed by atoms with Crippen molar-refractivity contribution in [3.05, 3.63) is 75.0 Å². The fraction of sp³-hybridized carbons (Fsp3) is 0.364. The molecule has 0 amide bonds. The highest BCUT2D eigenvalue weighted by atomic mass is 32.1. The number of aryl methyl sites for hydroxylation is 1. The molecule has 0 bridgehead atoms. The zero-order chi connectivity index (χ0) is 31.8. The number of aromatic nitrogens is 4. The summed E-state index contributed by atoms with van der Waals surface area (Å²) in [6.07, 6.45) is 3.76. The average Bonchev–Trinajstić information content (AvgIpc) is 3.68. The first kappa shape index (κ1) is 30.5. The van der Waals surface area contributed by atoms with Gasteiger partial charge in [-0.3, -0.25) is 0 Å². The number of ether oxygens (including phenoxy) is 2. The molecule has 238 valence electrons. The minimum absolute atomic E-state index is 0.275. The van der Waals surface area contributed by atoms with E-state index >= 15 is 0 Å². The third-order valence-electron chi connectivity index (χ3n) is 8.46. The molecule has 10 nitrogen and oxygen atoms in total. The Bertz CT molecular complexity index is 1890. The van der Waals surface area contributed by atoms with Crippen LogP contribution in [0.25, 0.3) is 10.2 Å². The molecule has 0 aliphatic carbocycles. The number of halogens is 1. The second kappa shape index (κ2) is 12.9. The van der Waals surface area contributed by atoms with Crippen molar-refractivity contribution >= 4 is 60.8 Å². The van der Waals surface area contributed by atoms with E-state index in [2.05, 4.69) is 25.4 Å². The number of fused-ring (bicyclic) bond motifs is 3. The normalized spacial score (nSPS) is 14.7. The Morgan fingerprint density at radius 3 is 2.80 bits per heavy atom. The summed E-state index contributed by atoms with van der Waals surface area (Å²) in [5, 5.41) is 14.0. The second-order valence-electron chi connectivity index (χ2n) is 11.6. The summed E-state index contributed by atoms with van der Waals surface area (Å²) in [7, 11) is 3.40. The zero-order valence-corrected chi connectivity index (χ0v) is 27.6. The first-order valence-corrected chi connectivity index (χ1v) is 17.0. The fourth-order valence-corrected chi connectivity index (χ4v) is 8.00. The number of carbonyl (C=O) groups excluding carboxylic acids is 1. The Hall–Kier alpha value is -4.20. The first-order valence-electron chi connectivity index (χ1n) is 15.3. The number of nitrogens with one attached hydrogen (secondary N) is 1. The number of methoxy groups -OCH3 is 1. The van der Waals surface area contributed by atoms with Gasteiger partial charge in [0.2, 0.25) is 0 Å². The van der Waals surface area contributed by atoms with Crippen LogP contribution in [0.4, 0.5) is 26.3 Å². The maximum Gasteiger partial charge on any atom is 0.357 e. The number of benzene rings is 2. The molecule has 2 aliphatic rings. The predicted octanol–water partition coefficient (Wildman–Crippen LogP) is 6.60. The molecule has 1 N–H and O–H groups in total. The van der Waals surface area contributed by atoms with Gasteiger partial charge in [-0.25, -0.2) is 19.2 Å². The number of esters is 1. The monoisotopic (exact) mass is 659 g/mol. The summed E-state index contributed by atoms with van der Waals surface area (Å²) in [5.74, 6) is 0.865. The van der Waals surface area contributed by atoms with Gasteiger partial charge in [-0.15, -0.1) is 21.5 Å². The lowest BCUT2D eigenvalue weighted by Crippen LogP contribution is -2.27. The van der Waals surface area contributed by atoms with E-state index < -0.39 is 5.97 Å². The molecule has 0 fully saturated rings. The molecule has 2 aromatic carbocycles. The molecular weight excluding hydrogens is 626 g/mol. The quantitative estimate of drug-likeness (QED) is 0.137. The van der Waals surface area contributed by atoms with E-state index in [0.29, 0.717) is 36.9 Å². The van der Waals surface area contributed by atoms with Crippen molar-refractivity contribution in [3.63, 3.8) is 0 Å². The van der Waals surface area contributed by atoms with Gasteiger partial charge in [-0.1, -0.05) is 23.5 Å². The van der Waals surface area contributed by atoms with Gasteiger partial charge in [-0.2, -0.15) is 0 Å². The Kier molecular flexibility index (Phi) is 8.54. The Labute approximate surface area is 274 Å². The van der Waals surface area contributed by atoms with Gasteiger partial charge in [0.1, 0.15) is 0 Å². The molecule has 0 saturated heterocycles. The number of carbonyl (C=O) groups is 1. The minimum atomic E-state index is -0.487. The third kappa shape index (κ3) is 6.02. The number of nitrogens with zero attached hydrogens (tertiary/aromatic N) is 6. The van der Waals surface area contributed by atoms with Crippen molar-refractivity contribution in [3.8, 4) is 5.75 Å². The lowest BCUT2D eigenvalue weighted by Gasteiger charge is -2.28. The minimum Gasteiger partial charge on any atom is -0.490 e. The molecule has 13 heteroatoms. The highest BCUT2D eigenvalue weighted by Gasteiger charge is 2.29. The SMILES string of the molecule is COC(=O)c1nc(N2CCCc3c2nnc(Nc2nc4ccccc4s2)c3C)sc1CCCOc1cc2c(cc1F)CN(C)CC2. The Morgan fingerprint density at radius 1 is 1.09 bits per heavy atom. The molecule has 0 unspecified atom stereocenters. The topological polar surface area (TPSA) is 106 Å². The maximum atomic E-state index is 14.8. The zero-order valence-electron chi connectivity index (χ0n) is 25.9. The first-order chi connectivity index (χ1) is 22.4. The van der Waals surface area contributed by atoms with Crippen LogP contribution in [0.1, 0.15) is 50.5 Å². The molecule has 3 aromatic heterocycles. The molecule has 7 rings (SSSR count). The molecule has 0 spiro atoms. The molecule has 46 heavy (non-hydrogen) atoms. The number of anilines is 4. The number of hydrogen-bond donors (Lipinski definition) is 1. The fourth-order valence-electron chi connectivity index (χ4n) is 6.01. The van der Waals surface area contributed by atoms with E-state index in [9.17, 15) is 9.18 Å². The molecule has 5 heterocycles. The standard InChI is InChI=1S/C33H34FN7O3S2/c1-19-22-8-6-13-41(30(22)39-38-29(19)37-32-35-24-9-4-5-10-26(24)45-32)33-36-28(31(42)43-3)27(46-33)11-7-15-44-25-17-20-12-14-40(2)18-21(20)16-23(25)34/h4-5,9-10,16-17H,6-8,11-15,18H2,1-3H3,(H,35,37,38). The van der Waals surface area contributed by atoms with Crippen molar-refractivity contribution in [2.45, 2.75) is 45.6 Å². The summed E-state index contributed by atoms with van der Waals surface area (Å²) >= 11 is 3.02. The van der Waals surface area contributed by atoms with Gasteiger partial charge >= 0.3 is 5.97 Å². The van der Waals surface area contributed by atoms with E-state index in [1.54, 1.807) is 17.4 Å². The molecule has 0 saturated carbocycles. The number of rotatable bonds is 9. The van der Waals surface area contributed by atoms with Gasteiger partial charge in [-0.05, 0) is 81.5 Å². The lowest BCUT2D eigenvalue weighted by molar-refractivity contribution is 0.0593. The van der Waals surface area contributed by atoms with Crippen LogP contribution in [0.15, 0.2) is 36.4 Å². The summed E-state index contributed by atoms with van der Waals surface area (Å²) in [6, 6.07) is 11.4. The van der Waals surface area contributed by atoms with E-state index in [0.717, 1.165) is 80.6 Å². The predicted molar refractivity (Wildman–Crippen MR) is 179 cm³/mol. The van der Waals surface area contributed by atoms with E-state index in [4.69, 9.17) is 14.5 Å². The average molecular weight is 660 g/mol. The summed E-state index contributed by atoms with van der Waals surface area (Å²) in [4.78, 5) is 27.2. The van der Waals surface area contributed by atoms with Crippen molar-refractivity contribution in [1.82, 2.24) is 25.1 Å². The Morgan fingerprint density at radius 2 is 1.96 bits per heavy atom. The molecular formula is C33H34FN7O3S2. The van der Waals surface area contributed by atoms with Crippen LogP contribution in [0.3, 0.4) is 0 Å². The smallest absolute Gasteiger partial charge is 0.357 e. The largest absolute Gasteiger partial charge is 0.490 e. The molecule has 0 radical (unpaired) electrons. The van der Waals surface area contributed by atoms with E-state index in [1.807, 2.05) is 49.2 Å². The van der Waals surface area contributed by atoms with E-state index in [1.165, 1.54) is 18.4 Å². The van der Waals surface area contributed by atoms with Gasteiger partial charge in [0.05, 0.1) is 23.9 Å². The van der Waals surface area contributed by atoms with Gasteiger partial charge < -0.3 is 24.6 Å². The third-order valence-corrected chi connectivity index (χ3v) is 10.6. The van der Waals surface area contributed by atoms with Crippen LogP contribution in [-0.2, 0) is 30.5 Å². The van der Waals surface area contributed by atoms with E-state index in [-0.39, 0.29) is 17.3 Å². The lowest BCUT2D eigenvalue weighted by atomic mass is 9.99. The maximum absolute atomic E-state index is 14.8. The Balaban J connectivity index is 1.07.